The Labute approximate surface area is 51.3 Å². The highest BCUT2D eigenvalue weighted by atomic mass is 14.6. The number of hydrogen-bond donors (Lipinski definition) is 1. The second-order valence-electron chi connectivity index (χ2n) is 3.19. The van der Waals surface area contributed by atoms with Crippen LogP contribution in [-0.2, 0) is 0 Å². The van der Waals surface area contributed by atoms with Gasteiger partial charge in [0.15, 0.2) is 0 Å². The van der Waals surface area contributed by atoms with Crippen LogP contribution in [0.15, 0.2) is 0 Å². The first-order valence-corrected chi connectivity index (χ1v) is 3.45. The van der Waals surface area contributed by atoms with Crippen molar-refractivity contribution in [3.8, 4) is 0 Å². The van der Waals surface area contributed by atoms with Crippen LogP contribution >= 0.6 is 0 Å². The standard InChI is InChI=1S/C7H15N/c1-5-3-7(5)4-6(2)8/h5-7H,3-4,8H2,1-2H3/t5?,6-,7?/m1/s1. The Morgan fingerprint density at radius 3 is 2.38 bits per heavy atom. The smallest absolute Gasteiger partial charge is 0.00132 e. The Morgan fingerprint density at radius 2 is 2.25 bits per heavy atom. The second kappa shape index (κ2) is 2.06. The molecular weight excluding hydrogens is 98.1 g/mol. The fourth-order valence-electron chi connectivity index (χ4n) is 1.21. The van der Waals surface area contributed by atoms with Gasteiger partial charge < -0.3 is 5.73 Å². The van der Waals surface area contributed by atoms with Gasteiger partial charge in [-0.15, -0.1) is 0 Å². The number of hydrogen-bond acceptors (Lipinski definition) is 1. The van der Waals surface area contributed by atoms with E-state index in [-0.39, 0.29) is 0 Å². The fraction of sp³-hybridized carbons (Fsp3) is 1.00. The summed E-state index contributed by atoms with van der Waals surface area (Å²) in [4.78, 5) is 0. The highest BCUT2D eigenvalue weighted by Gasteiger charge is 2.32. The number of nitrogens with two attached hydrogens (primary N) is 1. The lowest BCUT2D eigenvalue weighted by Gasteiger charge is -2.00. The number of rotatable bonds is 2. The minimum atomic E-state index is 0.421. The molecule has 0 bridgehead atoms. The maximum Gasteiger partial charge on any atom is 0.00132 e. The Morgan fingerprint density at radius 1 is 1.75 bits per heavy atom. The summed E-state index contributed by atoms with van der Waals surface area (Å²) >= 11 is 0. The van der Waals surface area contributed by atoms with Crippen molar-refractivity contribution < 1.29 is 0 Å². The van der Waals surface area contributed by atoms with E-state index in [0.717, 1.165) is 11.8 Å². The van der Waals surface area contributed by atoms with Crippen molar-refractivity contribution in [3.05, 3.63) is 0 Å². The van der Waals surface area contributed by atoms with Crippen molar-refractivity contribution in [3.63, 3.8) is 0 Å². The van der Waals surface area contributed by atoms with E-state index < -0.39 is 0 Å². The van der Waals surface area contributed by atoms with Crippen LogP contribution in [0.1, 0.15) is 26.7 Å². The molecule has 1 fully saturated rings. The Kier molecular flexibility index (Phi) is 1.57. The molecule has 2 unspecified atom stereocenters. The van der Waals surface area contributed by atoms with Crippen LogP contribution in [0.25, 0.3) is 0 Å². The fourth-order valence-corrected chi connectivity index (χ4v) is 1.21. The summed E-state index contributed by atoms with van der Waals surface area (Å²) in [6.07, 6.45) is 2.66. The monoisotopic (exact) mass is 113 g/mol. The Balaban J connectivity index is 2.05. The normalized spacial score (nSPS) is 39.4. The lowest BCUT2D eigenvalue weighted by atomic mass is 10.1. The molecule has 3 atom stereocenters. The van der Waals surface area contributed by atoms with E-state index in [0.29, 0.717) is 6.04 Å². The van der Waals surface area contributed by atoms with E-state index in [1.807, 2.05) is 0 Å². The van der Waals surface area contributed by atoms with Crippen LogP contribution in [0.3, 0.4) is 0 Å². The largest absolute Gasteiger partial charge is 0.328 e. The van der Waals surface area contributed by atoms with Crippen LogP contribution in [0.2, 0.25) is 0 Å². The average Bonchev–Trinajstić information content (AvgIpc) is 2.17. The first-order chi connectivity index (χ1) is 3.70. The summed E-state index contributed by atoms with van der Waals surface area (Å²) in [5, 5.41) is 0. The molecule has 2 N–H and O–H groups in total. The molecule has 0 amide bonds. The first-order valence-electron chi connectivity index (χ1n) is 3.45. The van der Waals surface area contributed by atoms with Crippen molar-refractivity contribution in [2.75, 3.05) is 0 Å². The van der Waals surface area contributed by atoms with E-state index in [1.54, 1.807) is 0 Å². The molecule has 8 heavy (non-hydrogen) atoms. The SMILES string of the molecule is CC1CC1C[C@@H](C)N. The minimum absolute atomic E-state index is 0.421. The molecule has 0 saturated heterocycles. The average molecular weight is 113 g/mol. The van der Waals surface area contributed by atoms with E-state index >= 15 is 0 Å². The summed E-state index contributed by atoms with van der Waals surface area (Å²) in [7, 11) is 0. The zero-order chi connectivity index (χ0) is 6.15. The molecule has 1 aliphatic carbocycles. The maximum atomic E-state index is 5.60. The van der Waals surface area contributed by atoms with Crippen molar-refractivity contribution >= 4 is 0 Å². The molecule has 0 heterocycles. The Hall–Kier alpha value is -0.0400. The molecule has 1 aliphatic rings. The summed E-state index contributed by atoms with van der Waals surface area (Å²) in [6, 6.07) is 0.421. The van der Waals surface area contributed by atoms with Crippen LogP contribution in [0.4, 0.5) is 0 Å². The van der Waals surface area contributed by atoms with Crippen molar-refractivity contribution in [1.82, 2.24) is 0 Å². The van der Waals surface area contributed by atoms with E-state index in [4.69, 9.17) is 5.73 Å². The highest BCUT2D eigenvalue weighted by molar-refractivity contribution is 4.84. The third-order valence-corrected chi connectivity index (χ3v) is 1.95. The van der Waals surface area contributed by atoms with Gasteiger partial charge in [0, 0.05) is 6.04 Å². The maximum absolute atomic E-state index is 5.60. The molecule has 0 radical (unpaired) electrons. The minimum Gasteiger partial charge on any atom is -0.328 e. The lowest BCUT2D eigenvalue weighted by Crippen LogP contribution is -2.15. The summed E-state index contributed by atoms with van der Waals surface area (Å²) in [5.41, 5.74) is 5.60. The van der Waals surface area contributed by atoms with Crippen molar-refractivity contribution in [2.24, 2.45) is 17.6 Å². The molecule has 0 aliphatic heterocycles. The molecule has 0 spiro atoms. The topological polar surface area (TPSA) is 26.0 Å². The van der Waals surface area contributed by atoms with Gasteiger partial charge in [0.05, 0.1) is 0 Å². The Bertz CT molecular complexity index is 78.5. The molecule has 0 aromatic heterocycles. The molecular formula is C7H15N. The van der Waals surface area contributed by atoms with Gasteiger partial charge in [-0.05, 0) is 31.6 Å². The third-order valence-electron chi connectivity index (χ3n) is 1.95. The van der Waals surface area contributed by atoms with Gasteiger partial charge in [-0.25, -0.2) is 0 Å². The van der Waals surface area contributed by atoms with E-state index in [9.17, 15) is 0 Å². The van der Waals surface area contributed by atoms with Gasteiger partial charge in [0.1, 0.15) is 0 Å². The third kappa shape index (κ3) is 1.48. The quantitative estimate of drug-likeness (QED) is 0.575. The lowest BCUT2D eigenvalue weighted by molar-refractivity contribution is 0.582. The van der Waals surface area contributed by atoms with Crippen LogP contribution < -0.4 is 5.73 Å². The highest BCUT2D eigenvalue weighted by Crippen LogP contribution is 2.40. The predicted molar refractivity (Wildman–Crippen MR) is 35.5 cm³/mol. The van der Waals surface area contributed by atoms with Gasteiger partial charge in [-0.1, -0.05) is 6.92 Å². The van der Waals surface area contributed by atoms with Crippen molar-refractivity contribution in [2.45, 2.75) is 32.7 Å². The second-order valence-corrected chi connectivity index (χ2v) is 3.19. The summed E-state index contributed by atoms with van der Waals surface area (Å²) < 4.78 is 0. The zero-order valence-corrected chi connectivity index (χ0v) is 5.72. The van der Waals surface area contributed by atoms with Crippen LogP contribution in [0.5, 0.6) is 0 Å². The van der Waals surface area contributed by atoms with Crippen molar-refractivity contribution in [1.29, 1.82) is 0 Å². The molecule has 1 heteroatoms. The molecule has 0 aromatic carbocycles. The van der Waals surface area contributed by atoms with Gasteiger partial charge in [-0.2, -0.15) is 0 Å². The molecule has 1 rings (SSSR count). The zero-order valence-electron chi connectivity index (χ0n) is 5.72. The van der Waals surface area contributed by atoms with Gasteiger partial charge >= 0.3 is 0 Å². The molecule has 0 aromatic rings. The van der Waals surface area contributed by atoms with Crippen LogP contribution in [0, 0.1) is 11.8 Å². The van der Waals surface area contributed by atoms with E-state index in [1.165, 1.54) is 12.8 Å². The van der Waals surface area contributed by atoms with Gasteiger partial charge in [-0.3, -0.25) is 0 Å². The van der Waals surface area contributed by atoms with Gasteiger partial charge in [0.25, 0.3) is 0 Å². The molecule has 1 saturated carbocycles. The predicted octanol–water partition coefficient (Wildman–Crippen LogP) is 1.38. The first kappa shape index (κ1) is 6.09. The molecule has 1 nitrogen and oxygen atoms in total. The van der Waals surface area contributed by atoms with E-state index in [2.05, 4.69) is 13.8 Å². The summed E-state index contributed by atoms with van der Waals surface area (Å²) in [5.74, 6) is 1.94. The van der Waals surface area contributed by atoms with Crippen LogP contribution in [-0.4, -0.2) is 6.04 Å². The molecule has 48 valence electrons. The summed E-state index contributed by atoms with van der Waals surface area (Å²) in [6.45, 7) is 4.39. The van der Waals surface area contributed by atoms with Gasteiger partial charge in [0.2, 0.25) is 0 Å².